The van der Waals surface area contributed by atoms with E-state index in [1.165, 1.54) is 12.8 Å². The predicted octanol–water partition coefficient (Wildman–Crippen LogP) is 1.62. The Morgan fingerprint density at radius 3 is 2.79 bits per heavy atom. The molecule has 2 heterocycles. The zero-order valence-electron chi connectivity index (χ0n) is 11.5. The van der Waals surface area contributed by atoms with E-state index in [0.717, 1.165) is 31.1 Å². The minimum absolute atomic E-state index is 0.0247. The Hall–Kier alpha value is -1.62. The van der Waals surface area contributed by atoms with Crippen molar-refractivity contribution >= 4 is 17.4 Å². The van der Waals surface area contributed by atoms with E-state index in [4.69, 9.17) is 0 Å². The molecule has 5 heteroatoms. The highest BCUT2D eigenvalue weighted by atomic mass is 16.1. The van der Waals surface area contributed by atoms with Crippen LogP contribution >= 0.6 is 0 Å². The fraction of sp³-hybridized carbons (Fsp3) is 0.571. The molecule has 1 amide bonds. The SMILES string of the molecule is CCNCCC(=O)Nc1ccc(N2CCCC2)nc1. The van der Waals surface area contributed by atoms with Crippen LogP contribution in [0.4, 0.5) is 11.5 Å². The Bertz CT molecular complexity index is 398. The van der Waals surface area contributed by atoms with Gasteiger partial charge in [0.05, 0.1) is 11.9 Å². The lowest BCUT2D eigenvalue weighted by Crippen LogP contribution is -2.22. The fourth-order valence-corrected chi connectivity index (χ4v) is 2.20. The van der Waals surface area contributed by atoms with E-state index < -0.39 is 0 Å². The minimum atomic E-state index is 0.0247. The van der Waals surface area contributed by atoms with Crippen LogP contribution in [0.15, 0.2) is 18.3 Å². The Kier molecular flexibility index (Phi) is 5.15. The lowest BCUT2D eigenvalue weighted by molar-refractivity contribution is -0.116. The van der Waals surface area contributed by atoms with Crippen LogP contribution in [0.2, 0.25) is 0 Å². The van der Waals surface area contributed by atoms with Crippen LogP contribution in [0.25, 0.3) is 0 Å². The smallest absolute Gasteiger partial charge is 0.225 e. The molecule has 2 N–H and O–H groups in total. The first-order valence-electron chi connectivity index (χ1n) is 7.01. The minimum Gasteiger partial charge on any atom is -0.357 e. The number of hydrogen-bond acceptors (Lipinski definition) is 4. The number of nitrogens with one attached hydrogen (secondary N) is 2. The number of aromatic nitrogens is 1. The quantitative estimate of drug-likeness (QED) is 0.765. The molecule has 104 valence electrons. The summed E-state index contributed by atoms with van der Waals surface area (Å²) in [5.41, 5.74) is 0.768. The Balaban J connectivity index is 1.82. The van der Waals surface area contributed by atoms with Gasteiger partial charge in [-0.1, -0.05) is 6.92 Å². The van der Waals surface area contributed by atoms with Crippen LogP contribution in [0.1, 0.15) is 26.2 Å². The molecule has 0 saturated carbocycles. The number of hydrogen-bond donors (Lipinski definition) is 2. The van der Waals surface area contributed by atoms with Gasteiger partial charge in [-0.05, 0) is 31.5 Å². The van der Waals surface area contributed by atoms with Gasteiger partial charge < -0.3 is 15.5 Å². The molecule has 1 aliphatic rings. The third kappa shape index (κ3) is 4.21. The van der Waals surface area contributed by atoms with Gasteiger partial charge in [0, 0.05) is 26.1 Å². The van der Waals surface area contributed by atoms with Crippen LogP contribution in [0, 0.1) is 0 Å². The number of rotatable bonds is 6. The maximum Gasteiger partial charge on any atom is 0.225 e. The molecule has 0 radical (unpaired) electrons. The predicted molar refractivity (Wildman–Crippen MR) is 77.5 cm³/mol. The van der Waals surface area contributed by atoms with Gasteiger partial charge in [0.1, 0.15) is 5.82 Å². The Morgan fingerprint density at radius 2 is 2.16 bits per heavy atom. The highest BCUT2D eigenvalue weighted by Gasteiger charge is 2.13. The second-order valence-electron chi connectivity index (χ2n) is 4.75. The maximum atomic E-state index is 11.6. The van der Waals surface area contributed by atoms with Gasteiger partial charge in [0.25, 0.3) is 0 Å². The lowest BCUT2D eigenvalue weighted by atomic mass is 10.3. The summed E-state index contributed by atoms with van der Waals surface area (Å²) < 4.78 is 0. The third-order valence-electron chi connectivity index (χ3n) is 3.24. The number of nitrogens with zero attached hydrogens (tertiary/aromatic N) is 2. The lowest BCUT2D eigenvalue weighted by Gasteiger charge is -2.16. The van der Waals surface area contributed by atoms with Crippen LogP contribution in [0.5, 0.6) is 0 Å². The highest BCUT2D eigenvalue weighted by molar-refractivity contribution is 5.90. The summed E-state index contributed by atoms with van der Waals surface area (Å²) in [5.74, 6) is 1.03. The summed E-state index contributed by atoms with van der Waals surface area (Å²) in [6.07, 6.45) is 4.70. The third-order valence-corrected chi connectivity index (χ3v) is 3.24. The van der Waals surface area contributed by atoms with Crippen molar-refractivity contribution in [3.8, 4) is 0 Å². The molecule has 0 aromatic carbocycles. The number of amides is 1. The van der Waals surface area contributed by atoms with Crippen molar-refractivity contribution in [2.45, 2.75) is 26.2 Å². The monoisotopic (exact) mass is 262 g/mol. The molecule has 0 bridgehead atoms. The average molecular weight is 262 g/mol. The summed E-state index contributed by atoms with van der Waals surface area (Å²) in [5, 5.41) is 5.99. The molecule has 0 atom stereocenters. The summed E-state index contributed by atoms with van der Waals surface area (Å²) in [6.45, 7) is 5.79. The topological polar surface area (TPSA) is 57.3 Å². The second-order valence-corrected chi connectivity index (χ2v) is 4.75. The molecule has 1 aromatic heterocycles. The van der Waals surface area contributed by atoms with E-state index in [9.17, 15) is 4.79 Å². The molecule has 5 nitrogen and oxygen atoms in total. The van der Waals surface area contributed by atoms with Crippen molar-refractivity contribution < 1.29 is 4.79 Å². The van der Waals surface area contributed by atoms with Crippen LogP contribution in [-0.4, -0.2) is 37.1 Å². The van der Waals surface area contributed by atoms with Gasteiger partial charge in [-0.3, -0.25) is 4.79 Å². The Labute approximate surface area is 114 Å². The van der Waals surface area contributed by atoms with Crippen molar-refractivity contribution in [3.63, 3.8) is 0 Å². The molecular weight excluding hydrogens is 240 g/mol. The number of carbonyl (C=O) groups excluding carboxylic acids is 1. The first-order valence-corrected chi connectivity index (χ1v) is 7.01. The first kappa shape index (κ1) is 13.8. The first-order chi connectivity index (χ1) is 9.29. The summed E-state index contributed by atoms with van der Waals surface area (Å²) in [7, 11) is 0. The van der Waals surface area contributed by atoms with Gasteiger partial charge in [0.2, 0.25) is 5.91 Å². The maximum absolute atomic E-state index is 11.6. The van der Waals surface area contributed by atoms with Crippen molar-refractivity contribution in [2.75, 3.05) is 36.4 Å². The number of anilines is 2. The molecule has 0 spiro atoms. The van der Waals surface area contributed by atoms with Crippen LogP contribution in [-0.2, 0) is 4.79 Å². The molecular formula is C14H22N4O. The van der Waals surface area contributed by atoms with E-state index in [1.807, 2.05) is 19.1 Å². The zero-order valence-corrected chi connectivity index (χ0v) is 11.5. The van der Waals surface area contributed by atoms with Crippen LogP contribution < -0.4 is 15.5 Å². The second kappa shape index (κ2) is 7.09. The summed E-state index contributed by atoms with van der Waals surface area (Å²) in [6, 6.07) is 3.90. The van der Waals surface area contributed by atoms with Gasteiger partial charge in [-0.15, -0.1) is 0 Å². The standard InChI is InChI=1S/C14H22N4O/c1-2-15-8-7-14(19)17-12-5-6-13(16-11-12)18-9-3-4-10-18/h5-6,11,15H,2-4,7-10H2,1H3,(H,17,19). The number of pyridine rings is 1. The molecule has 2 rings (SSSR count). The van der Waals surface area contributed by atoms with E-state index in [-0.39, 0.29) is 5.91 Å². The van der Waals surface area contributed by atoms with Crippen molar-refractivity contribution in [3.05, 3.63) is 18.3 Å². The van der Waals surface area contributed by atoms with Crippen molar-refractivity contribution in [2.24, 2.45) is 0 Å². The van der Waals surface area contributed by atoms with Gasteiger partial charge in [-0.25, -0.2) is 4.98 Å². The molecule has 1 saturated heterocycles. The Morgan fingerprint density at radius 1 is 1.37 bits per heavy atom. The zero-order chi connectivity index (χ0) is 13.5. The normalized spacial score (nSPS) is 14.7. The van der Waals surface area contributed by atoms with Crippen LogP contribution in [0.3, 0.4) is 0 Å². The average Bonchev–Trinajstić information content (AvgIpc) is 2.94. The van der Waals surface area contributed by atoms with Gasteiger partial charge in [-0.2, -0.15) is 0 Å². The largest absolute Gasteiger partial charge is 0.357 e. The van der Waals surface area contributed by atoms with Gasteiger partial charge in [0.15, 0.2) is 0 Å². The molecule has 0 unspecified atom stereocenters. The molecule has 0 aliphatic carbocycles. The van der Waals surface area contributed by atoms with Crippen molar-refractivity contribution in [1.29, 1.82) is 0 Å². The van der Waals surface area contributed by atoms with Crippen molar-refractivity contribution in [1.82, 2.24) is 10.3 Å². The molecule has 1 fully saturated rings. The van der Waals surface area contributed by atoms with E-state index in [0.29, 0.717) is 13.0 Å². The summed E-state index contributed by atoms with van der Waals surface area (Å²) in [4.78, 5) is 18.3. The fourth-order valence-electron chi connectivity index (χ4n) is 2.20. The molecule has 1 aromatic rings. The highest BCUT2D eigenvalue weighted by Crippen LogP contribution is 2.18. The molecule has 19 heavy (non-hydrogen) atoms. The van der Waals surface area contributed by atoms with Gasteiger partial charge >= 0.3 is 0 Å². The molecule has 1 aliphatic heterocycles. The van der Waals surface area contributed by atoms with E-state index in [2.05, 4.69) is 20.5 Å². The van der Waals surface area contributed by atoms with E-state index >= 15 is 0 Å². The van der Waals surface area contributed by atoms with E-state index in [1.54, 1.807) is 6.20 Å². The number of carbonyl (C=O) groups is 1. The summed E-state index contributed by atoms with van der Waals surface area (Å²) >= 11 is 0.